The molecule has 0 bridgehead atoms. The van der Waals surface area contributed by atoms with Crippen molar-refractivity contribution in [1.29, 1.82) is 0 Å². The lowest BCUT2D eigenvalue weighted by molar-refractivity contribution is -0.135. The average molecular weight is 274 g/mol. The number of carbonyl (C=O) groups excluding carboxylic acids is 1. The minimum Gasteiger partial charge on any atom is -0.332 e. The first kappa shape index (κ1) is 15.0. The third-order valence-electron chi connectivity index (χ3n) is 4.22. The molecule has 20 heavy (non-hydrogen) atoms. The molecular formula is C17H26N2O. The van der Waals surface area contributed by atoms with Crippen molar-refractivity contribution >= 4 is 5.91 Å². The van der Waals surface area contributed by atoms with E-state index < -0.39 is 0 Å². The molecule has 1 aliphatic heterocycles. The molecule has 1 aromatic rings. The van der Waals surface area contributed by atoms with E-state index in [2.05, 4.69) is 45.9 Å². The van der Waals surface area contributed by atoms with Crippen LogP contribution in [0.3, 0.4) is 0 Å². The third-order valence-corrected chi connectivity index (χ3v) is 4.22. The summed E-state index contributed by atoms with van der Waals surface area (Å²) < 4.78 is 0. The number of aryl methyl sites for hydroxylation is 2. The minimum atomic E-state index is 0.00519. The SMILES string of the molecule is Cc1ccc(C2C(N)CCCC(=O)N2C(C)C)c(C)c1. The van der Waals surface area contributed by atoms with E-state index in [-0.39, 0.29) is 24.0 Å². The number of hydrogen-bond donors (Lipinski definition) is 1. The molecule has 0 radical (unpaired) electrons. The van der Waals surface area contributed by atoms with Gasteiger partial charge in [0.2, 0.25) is 5.91 Å². The maximum absolute atomic E-state index is 12.4. The number of benzene rings is 1. The minimum absolute atomic E-state index is 0.00519. The maximum Gasteiger partial charge on any atom is 0.223 e. The largest absolute Gasteiger partial charge is 0.332 e. The van der Waals surface area contributed by atoms with Crippen molar-refractivity contribution in [3.63, 3.8) is 0 Å². The molecule has 3 nitrogen and oxygen atoms in total. The molecule has 1 fully saturated rings. The quantitative estimate of drug-likeness (QED) is 0.900. The third kappa shape index (κ3) is 2.88. The lowest BCUT2D eigenvalue weighted by atomic mass is 9.91. The summed E-state index contributed by atoms with van der Waals surface area (Å²) in [6.45, 7) is 8.36. The van der Waals surface area contributed by atoms with E-state index in [9.17, 15) is 4.79 Å². The van der Waals surface area contributed by atoms with Gasteiger partial charge in [-0.3, -0.25) is 4.79 Å². The monoisotopic (exact) mass is 274 g/mol. The zero-order valence-electron chi connectivity index (χ0n) is 13.0. The Morgan fingerprint density at radius 1 is 1.30 bits per heavy atom. The molecule has 1 amide bonds. The summed E-state index contributed by atoms with van der Waals surface area (Å²) in [5.41, 5.74) is 10.1. The van der Waals surface area contributed by atoms with Crippen molar-refractivity contribution in [1.82, 2.24) is 4.90 Å². The van der Waals surface area contributed by atoms with Gasteiger partial charge in [0, 0.05) is 18.5 Å². The Morgan fingerprint density at radius 2 is 2.00 bits per heavy atom. The number of likely N-dealkylation sites (tertiary alicyclic amines) is 1. The molecule has 0 spiro atoms. The number of hydrogen-bond acceptors (Lipinski definition) is 2. The second kappa shape index (κ2) is 5.96. The summed E-state index contributed by atoms with van der Waals surface area (Å²) >= 11 is 0. The van der Waals surface area contributed by atoms with Gasteiger partial charge in [0.15, 0.2) is 0 Å². The van der Waals surface area contributed by atoms with Gasteiger partial charge in [-0.15, -0.1) is 0 Å². The Hall–Kier alpha value is -1.35. The van der Waals surface area contributed by atoms with Gasteiger partial charge in [-0.2, -0.15) is 0 Å². The first-order valence-electron chi connectivity index (χ1n) is 7.55. The summed E-state index contributed by atoms with van der Waals surface area (Å²) in [5, 5.41) is 0. The number of nitrogens with zero attached hydrogens (tertiary/aromatic N) is 1. The van der Waals surface area contributed by atoms with Gasteiger partial charge in [-0.05, 0) is 51.7 Å². The fourth-order valence-electron chi connectivity index (χ4n) is 3.28. The second-order valence-electron chi connectivity index (χ2n) is 6.26. The number of amides is 1. The number of carbonyl (C=O) groups is 1. The Balaban J connectivity index is 2.48. The molecule has 0 aliphatic carbocycles. The van der Waals surface area contributed by atoms with Gasteiger partial charge < -0.3 is 10.6 Å². The highest BCUT2D eigenvalue weighted by Gasteiger charge is 2.34. The van der Waals surface area contributed by atoms with Crippen LogP contribution in [0.1, 0.15) is 55.8 Å². The maximum atomic E-state index is 12.4. The van der Waals surface area contributed by atoms with E-state index in [1.54, 1.807) is 0 Å². The lowest BCUT2D eigenvalue weighted by Crippen LogP contribution is -2.46. The Labute approximate surface area is 122 Å². The van der Waals surface area contributed by atoms with Gasteiger partial charge in [0.1, 0.15) is 0 Å². The van der Waals surface area contributed by atoms with Crippen LogP contribution in [0.5, 0.6) is 0 Å². The molecule has 110 valence electrons. The molecule has 2 atom stereocenters. The van der Waals surface area contributed by atoms with E-state index in [0.717, 1.165) is 12.8 Å². The first-order chi connectivity index (χ1) is 9.41. The summed E-state index contributed by atoms with van der Waals surface area (Å²) in [7, 11) is 0. The zero-order valence-corrected chi connectivity index (χ0v) is 13.0. The fourth-order valence-corrected chi connectivity index (χ4v) is 3.28. The number of rotatable bonds is 2. The first-order valence-corrected chi connectivity index (χ1v) is 7.55. The van der Waals surface area contributed by atoms with Crippen molar-refractivity contribution in [2.24, 2.45) is 5.73 Å². The van der Waals surface area contributed by atoms with Crippen LogP contribution in [0.4, 0.5) is 0 Å². The van der Waals surface area contributed by atoms with Gasteiger partial charge in [-0.25, -0.2) is 0 Å². The Morgan fingerprint density at radius 3 is 2.60 bits per heavy atom. The van der Waals surface area contributed by atoms with Crippen molar-refractivity contribution in [3.8, 4) is 0 Å². The molecule has 2 rings (SSSR count). The highest BCUT2D eigenvalue weighted by molar-refractivity contribution is 5.77. The van der Waals surface area contributed by atoms with Crippen LogP contribution in [-0.4, -0.2) is 22.9 Å². The molecule has 0 saturated carbocycles. The zero-order chi connectivity index (χ0) is 14.9. The molecule has 0 aromatic heterocycles. The summed E-state index contributed by atoms with van der Waals surface area (Å²) in [6.07, 6.45) is 2.42. The standard InChI is InChI=1S/C17H26N2O/c1-11(2)19-16(20)7-5-6-15(18)17(19)14-9-8-12(3)10-13(14)4/h8-11,15,17H,5-7,18H2,1-4H3. The van der Waals surface area contributed by atoms with Crippen molar-refractivity contribution in [3.05, 3.63) is 34.9 Å². The molecule has 1 heterocycles. The molecular weight excluding hydrogens is 248 g/mol. The van der Waals surface area contributed by atoms with Crippen LogP contribution < -0.4 is 5.73 Å². The van der Waals surface area contributed by atoms with Crippen LogP contribution in [-0.2, 0) is 4.79 Å². The summed E-state index contributed by atoms with van der Waals surface area (Å²) in [4.78, 5) is 14.4. The highest BCUT2D eigenvalue weighted by Crippen LogP contribution is 2.33. The molecule has 1 aromatic carbocycles. The molecule has 2 N–H and O–H groups in total. The van der Waals surface area contributed by atoms with E-state index in [4.69, 9.17) is 5.73 Å². The van der Waals surface area contributed by atoms with Crippen molar-refractivity contribution in [2.75, 3.05) is 0 Å². The lowest BCUT2D eigenvalue weighted by Gasteiger charge is -2.37. The molecule has 1 aliphatic rings. The van der Waals surface area contributed by atoms with Crippen LogP contribution in [0.25, 0.3) is 0 Å². The van der Waals surface area contributed by atoms with Crippen LogP contribution in [0.15, 0.2) is 18.2 Å². The van der Waals surface area contributed by atoms with Gasteiger partial charge in [-0.1, -0.05) is 23.8 Å². The van der Waals surface area contributed by atoms with E-state index in [0.29, 0.717) is 6.42 Å². The van der Waals surface area contributed by atoms with E-state index in [1.807, 2.05) is 4.90 Å². The summed E-state index contributed by atoms with van der Waals surface area (Å²) in [5.74, 6) is 0.234. The van der Waals surface area contributed by atoms with Gasteiger partial charge in [0.05, 0.1) is 6.04 Å². The van der Waals surface area contributed by atoms with Crippen LogP contribution >= 0.6 is 0 Å². The summed E-state index contributed by atoms with van der Waals surface area (Å²) in [6, 6.07) is 6.63. The molecule has 3 heteroatoms. The van der Waals surface area contributed by atoms with Gasteiger partial charge >= 0.3 is 0 Å². The fraction of sp³-hybridized carbons (Fsp3) is 0.588. The Bertz CT molecular complexity index is 496. The van der Waals surface area contributed by atoms with Crippen LogP contribution in [0, 0.1) is 13.8 Å². The average Bonchev–Trinajstić information content (AvgIpc) is 2.49. The smallest absolute Gasteiger partial charge is 0.223 e. The molecule has 2 unspecified atom stereocenters. The van der Waals surface area contributed by atoms with E-state index >= 15 is 0 Å². The van der Waals surface area contributed by atoms with Gasteiger partial charge in [0.25, 0.3) is 0 Å². The highest BCUT2D eigenvalue weighted by atomic mass is 16.2. The van der Waals surface area contributed by atoms with Crippen molar-refractivity contribution in [2.45, 2.75) is 65.1 Å². The Kier molecular flexibility index (Phi) is 4.48. The number of nitrogens with two attached hydrogens (primary N) is 1. The molecule has 1 saturated heterocycles. The van der Waals surface area contributed by atoms with E-state index in [1.165, 1.54) is 16.7 Å². The van der Waals surface area contributed by atoms with Crippen LogP contribution in [0.2, 0.25) is 0 Å². The predicted octanol–water partition coefficient (Wildman–Crippen LogP) is 3.09. The predicted molar refractivity (Wildman–Crippen MR) is 82.5 cm³/mol. The second-order valence-corrected chi connectivity index (χ2v) is 6.26. The van der Waals surface area contributed by atoms with Crippen molar-refractivity contribution < 1.29 is 4.79 Å². The topological polar surface area (TPSA) is 46.3 Å². The normalized spacial score (nSPS) is 24.1.